The molecule has 1 unspecified atom stereocenters. The molecular weight excluding hydrogens is 244 g/mol. The van der Waals surface area contributed by atoms with Crippen molar-refractivity contribution in [1.82, 2.24) is 10.6 Å². The molecule has 104 valence electrons. The molecule has 5 nitrogen and oxygen atoms in total. The second-order valence-corrected chi connectivity index (χ2v) is 4.19. The van der Waals surface area contributed by atoms with Gasteiger partial charge in [-0.1, -0.05) is 12.1 Å². The number of methoxy groups -OCH3 is 1. The number of hydrogen-bond donors (Lipinski definition) is 2. The van der Waals surface area contributed by atoms with Crippen LogP contribution in [0.25, 0.3) is 0 Å². The minimum absolute atomic E-state index is 0.0197. The second kappa shape index (κ2) is 7.53. The van der Waals surface area contributed by atoms with Gasteiger partial charge in [0.25, 0.3) is 0 Å². The molecule has 0 aliphatic heterocycles. The monoisotopic (exact) mass is 264 g/mol. The summed E-state index contributed by atoms with van der Waals surface area (Å²) >= 11 is 0. The van der Waals surface area contributed by atoms with Gasteiger partial charge >= 0.3 is 5.97 Å². The van der Waals surface area contributed by atoms with Crippen LogP contribution in [-0.4, -0.2) is 31.6 Å². The molecule has 0 saturated heterocycles. The van der Waals surface area contributed by atoms with Gasteiger partial charge in [-0.05, 0) is 31.5 Å². The zero-order valence-corrected chi connectivity index (χ0v) is 11.5. The molecule has 1 aromatic carbocycles. The van der Waals surface area contributed by atoms with Crippen molar-refractivity contribution < 1.29 is 14.3 Å². The van der Waals surface area contributed by atoms with Crippen LogP contribution in [0.3, 0.4) is 0 Å². The van der Waals surface area contributed by atoms with Gasteiger partial charge < -0.3 is 15.4 Å². The standard InChI is InChI=1S/C14H20N2O3/c1-4-15-13(17)10(2)16-9-11-5-7-12(8-6-11)14(18)19-3/h5-8,10,16H,4,9H2,1-3H3,(H,15,17). The maximum absolute atomic E-state index is 11.5. The summed E-state index contributed by atoms with van der Waals surface area (Å²) in [5, 5.41) is 5.87. The van der Waals surface area contributed by atoms with E-state index in [1.807, 2.05) is 26.0 Å². The molecule has 0 saturated carbocycles. The minimum Gasteiger partial charge on any atom is -0.465 e. The molecule has 19 heavy (non-hydrogen) atoms. The van der Waals surface area contributed by atoms with Crippen LogP contribution < -0.4 is 10.6 Å². The number of carbonyl (C=O) groups is 2. The summed E-state index contributed by atoms with van der Waals surface area (Å²) in [6.45, 7) is 4.89. The molecule has 0 fully saturated rings. The molecule has 0 spiro atoms. The quantitative estimate of drug-likeness (QED) is 0.755. The Labute approximate surface area is 113 Å². The largest absolute Gasteiger partial charge is 0.465 e. The van der Waals surface area contributed by atoms with Gasteiger partial charge in [-0.3, -0.25) is 4.79 Å². The Morgan fingerprint density at radius 1 is 1.26 bits per heavy atom. The topological polar surface area (TPSA) is 67.4 Å². The van der Waals surface area contributed by atoms with Crippen LogP contribution in [0.4, 0.5) is 0 Å². The Morgan fingerprint density at radius 3 is 2.42 bits per heavy atom. The van der Waals surface area contributed by atoms with Crippen molar-refractivity contribution in [3.05, 3.63) is 35.4 Å². The predicted octanol–water partition coefficient (Wildman–Crippen LogP) is 1.09. The van der Waals surface area contributed by atoms with Gasteiger partial charge in [-0.15, -0.1) is 0 Å². The number of esters is 1. The first-order valence-electron chi connectivity index (χ1n) is 6.26. The van der Waals surface area contributed by atoms with Crippen molar-refractivity contribution in [2.75, 3.05) is 13.7 Å². The number of likely N-dealkylation sites (N-methyl/N-ethyl adjacent to an activating group) is 1. The third kappa shape index (κ3) is 4.71. The molecule has 1 atom stereocenters. The molecule has 0 radical (unpaired) electrons. The first-order chi connectivity index (χ1) is 9.08. The maximum Gasteiger partial charge on any atom is 0.337 e. The van der Waals surface area contributed by atoms with Crippen molar-refractivity contribution in [1.29, 1.82) is 0 Å². The molecule has 1 rings (SSSR count). The van der Waals surface area contributed by atoms with Crippen LogP contribution in [0.2, 0.25) is 0 Å². The molecule has 0 aromatic heterocycles. The summed E-state index contributed by atoms with van der Waals surface area (Å²) in [6, 6.07) is 6.84. The highest BCUT2D eigenvalue weighted by molar-refractivity contribution is 5.89. The van der Waals surface area contributed by atoms with E-state index in [-0.39, 0.29) is 17.9 Å². The van der Waals surface area contributed by atoms with Gasteiger partial charge in [0.1, 0.15) is 0 Å². The van der Waals surface area contributed by atoms with E-state index in [0.29, 0.717) is 18.7 Å². The summed E-state index contributed by atoms with van der Waals surface area (Å²) in [5.41, 5.74) is 1.52. The predicted molar refractivity (Wildman–Crippen MR) is 72.8 cm³/mol. The van der Waals surface area contributed by atoms with Crippen LogP contribution in [0.5, 0.6) is 0 Å². The molecule has 1 amide bonds. The minimum atomic E-state index is -0.352. The van der Waals surface area contributed by atoms with Gasteiger partial charge in [-0.2, -0.15) is 0 Å². The number of benzene rings is 1. The van der Waals surface area contributed by atoms with E-state index in [9.17, 15) is 9.59 Å². The maximum atomic E-state index is 11.5. The summed E-state index contributed by atoms with van der Waals surface area (Å²) in [6.07, 6.45) is 0. The van der Waals surface area contributed by atoms with Gasteiger partial charge in [0.15, 0.2) is 0 Å². The number of amides is 1. The molecule has 1 aromatic rings. The molecule has 0 heterocycles. The van der Waals surface area contributed by atoms with Crippen molar-refractivity contribution >= 4 is 11.9 Å². The fourth-order valence-electron chi connectivity index (χ4n) is 1.57. The fourth-order valence-corrected chi connectivity index (χ4v) is 1.57. The molecular formula is C14H20N2O3. The summed E-state index contributed by atoms with van der Waals surface area (Å²) in [5.74, 6) is -0.371. The molecule has 2 N–H and O–H groups in total. The van der Waals surface area contributed by atoms with Crippen LogP contribution in [0, 0.1) is 0 Å². The smallest absolute Gasteiger partial charge is 0.337 e. The Bertz CT molecular complexity index is 429. The van der Waals surface area contributed by atoms with Crippen LogP contribution in [-0.2, 0) is 16.1 Å². The number of ether oxygens (including phenoxy) is 1. The SMILES string of the molecule is CCNC(=O)C(C)NCc1ccc(C(=O)OC)cc1. The Balaban J connectivity index is 2.50. The number of carbonyl (C=O) groups excluding carboxylic acids is 2. The second-order valence-electron chi connectivity index (χ2n) is 4.19. The van der Waals surface area contributed by atoms with Crippen LogP contribution in [0.15, 0.2) is 24.3 Å². The lowest BCUT2D eigenvalue weighted by molar-refractivity contribution is -0.122. The number of rotatable bonds is 6. The summed E-state index contributed by atoms with van der Waals surface area (Å²) in [4.78, 5) is 22.8. The van der Waals surface area contributed by atoms with Crippen molar-refractivity contribution in [3.8, 4) is 0 Å². The van der Waals surface area contributed by atoms with E-state index in [1.54, 1.807) is 12.1 Å². The number of nitrogens with one attached hydrogen (secondary N) is 2. The summed E-state index contributed by atoms with van der Waals surface area (Å²) < 4.78 is 4.63. The van der Waals surface area contributed by atoms with E-state index in [1.165, 1.54) is 7.11 Å². The van der Waals surface area contributed by atoms with E-state index >= 15 is 0 Å². The van der Waals surface area contributed by atoms with Crippen molar-refractivity contribution in [3.63, 3.8) is 0 Å². The molecule has 5 heteroatoms. The average molecular weight is 264 g/mol. The lowest BCUT2D eigenvalue weighted by atomic mass is 10.1. The fraction of sp³-hybridized carbons (Fsp3) is 0.429. The lowest BCUT2D eigenvalue weighted by Crippen LogP contribution is -2.41. The Morgan fingerprint density at radius 2 is 1.89 bits per heavy atom. The van der Waals surface area contributed by atoms with Gasteiger partial charge in [0, 0.05) is 13.1 Å². The lowest BCUT2D eigenvalue weighted by Gasteiger charge is -2.13. The van der Waals surface area contributed by atoms with Gasteiger partial charge in [0.2, 0.25) is 5.91 Å². The van der Waals surface area contributed by atoms with E-state index in [4.69, 9.17) is 0 Å². The van der Waals surface area contributed by atoms with Crippen molar-refractivity contribution in [2.24, 2.45) is 0 Å². The average Bonchev–Trinajstić information content (AvgIpc) is 2.44. The molecule has 0 aliphatic carbocycles. The van der Waals surface area contributed by atoms with Crippen molar-refractivity contribution in [2.45, 2.75) is 26.4 Å². The zero-order valence-electron chi connectivity index (χ0n) is 11.5. The van der Waals surface area contributed by atoms with Crippen LogP contribution in [0.1, 0.15) is 29.8 Å². The van der Waals surface area contributed by atoms with Gasteiger partial charge in [0.05, 0.1) is 18.7 Å². The number of hydrogen-bond acceptors (Lipinski definition) is 4. The summed E-state index contributed by atoms with van der Waals surface area (Å²) in [7, 11) is 1.35. The van der Waals surface area contributed by atoms with Crippen LogP contribution >= 0.6 is 0 Å². The molecule has 0 aliphatic rings. The highest BCUT2D eigenvalue weighted by Gasteiger charge is 2.10. The Hall–Kier alpha value is -1.88. The Kier molecular flexibility index (Phi) is 6.02. The third-order valence-electron chi connectivity index (χ3n) is 2.73. The first kappa shape index (κ1) is 15.2. The molecule has 0 bridgehead atoms. The van der Waals surface area contributed by atoms with E-state index in [0.717, 1.165) is 5.56 Å². The normalized spacial score (nSPS) is 11.7. The van der Waals surface area contributed by atoms with E-state index in [2.05, 4.69) is 15.4 Å². The van der Waals surface area contributed by atoms with Gasteiger partial charge in [-0.25, -0.2) is 4.79 Å². The zero-order chi connectivity index (χ0) is 14.3. The third-order valence-corrected chi connectivity index (χ3v) is 2.73. The van der Waals surface area contributed by atoms with E-state index < -0.39 is 0 Å². The first-order valence-corrected chi connectivity index (χ1v) is 6.26. The highest BCUT2D eigenvalue weighted by Crippen LogP contribution is 2.05. The highest BCUT2D eigenvalue weighted by atomic mass is 16.5.